The van der Waals surface area contributed by atoms with Gasteiger partial charge in [-0.25, -0.2) is 9.97 Å². The highest BCUT2D eigenvalue weighted by Gasteiger charge is 2.19. The summed E-state index contributed by atoms with van der Waals surface area (Å²) in [6.07, 6.45) is 7.21. The Morgan fingerprint density at radius 2 is 1.90 bits per heavy atom. The van der Waals surface area contributed by atoms with Crippen LogP contribution in [0.25, 0.3) is 0 Å². The van der Waals surface area contributed by atoms with Crippen LogP contribution in [0.3, 0.4) is 0 Å². The number of aromatic nitrogens is 3. The molecular weight excluding hydrogens is 402 g/mol. The summed E-state index contributed by atoms with van der Waals surface area (Å²) >= 11 is 6.16. The van der Waals surface area contributed by atoms with Crippen LogP contribution in [0.2, 0.25) is 5.02 Å². The van der Waals surface area contributed by atoms with Crippen LogP contribution in [0, 0.1) is 0 Å². The van der Waals surface area contributed by atoms with Gasteiger partial charge < -0.3 is 15.0 Å². The molecule has 0 aliphatic carbocycles. The van der Waals surface area contributed by atoms with Crippen molar-refractivity contribution >= 4 is 23.5 Å². The van der Waals surface area contributed by atoms with Crippen LogP contribution in [0.1, 0.15) is 34.5 Å². The molecule has 2 aromatic heterocycles. The van der Waals surface area contributed by atoms with E-state index >= 15 is 0 Å². The average molecular weight is 424 g/mol. The fourth-order valence-electron chi connectivity index (χ4n) is 3.21. The second kappa shape index (κ2) is 9.54. The van der Waals surface area contributed by atoms with E-state index in [4.69, 9.17) is 16.3 Å². The van der Waals surface area contributed by atoms with Gasteiger partial charge in [0.1, 0.15) is 12.4 Å². The lowest BCUT2D eigenvalue weighted by Gasteiger charge is -2.16. The molecule has 4 rings (SSSR count). The molecule has 1 aliphatic heterocycles. The molecule has 7 nitrogen and oxygen atoms in total. The van der Waals surface area contributed by atoms with Gasteiger partial charge in [0, 0.05) is 37.6 Å². The lowest BCUT2D eigenvalue weighted by Crippen LogP contribution is -2.26. The summed E-state index contributed by atoms with van der Waals surface area (Å²) in [7, 11) is 0. The van der Waals surface area contributed by atoms with Gasteiger partial charge in [0.25, 0.3) is 5.91 Å². The van der Waals surface area contributed by atoms with Crippen molar-refractivity contribution in [2.45, 2.75) is 26.0 Å². The number of hydrogen-bond donors (Lipinski definition) is 1. The van der Waals surface area contributed by atoms with Crippen LogP contribution in [0.4, 0.5) is 5.95 Å². The zero-order valence-corrected chi connectivity index (χ0v) is 17.2. The molecule has 3 aromatic rings. The Labute approximate surface area is 180 Å². The third-order valence-corrected chi connectivity index (χ3v) is 5.12. The van der Waals surface area contributed by atoms with Gasteiger partial charge in [-0.15, -0.1) is 0 Å². The number of nitrogens with one attached hydrogen (secondary N) is 1. The summed E-state index contributed by atoms with van der Waals surface area (Å²) in [5.41, 5.74) is 2.15. The van der Waals surface area contributed by atoms with Crippen LogP contribution in [-0.2, 0) is 13.2 Å². The van der Waals surface area contributed by atoms with Crippen molar-refractivity contribution < 1.29 is 9.53 Å². The largest absolute Gasteiger partial charge is 0.489 e. The zero-order chi connectivity index (χ0) is 20.8. The fourth-order valence-corrected chi connectivity index (χ4v) is 3.38. The van der Waals surface area contributed by atoms with Crippen molar-refractivity contribution in [3.63, 3.8) is 0 Å². The molecule has 30 heavy (non-hydrogen) atoms. The van der Waals surface area contributed by atoms with E-state index in [1.165, 1.54) is 6.20 Å². The van der Waals surface area contributed by atoms with Crippen molar-refractivity contribution in [3.8, 4) is 5.75 Å². The Morgan fingerprint density at radius 3 is 2.63 bits per heavy atom. The minimum absolute atomic E-state index is 0.199. The third kappa shape index (κ3) is 5.04. The standard InChI is InChI=1S/C22H22ClN5O2/c23-19-14-26-22(28-10-1-2-11-28)27-20(19)21(29)25-13-16-5-7-18(8-6-16)30-15-17-4-3-9-24-12-17/h3-9,12,14H,1-2,10-11,13,15H2,(H,25,29). The molecule has 8 heteroatoms. The first-order valence-corrected chi connectivity index (χ1v) is 10.2. The lowest BCUT2D eigenvalue weighted by molar-refractivity contribution is 0.0946. The first-order valence-electron chi connectivity index (χ1n) is 9.85. The van der Waals surface area contributed by atoms with Crippen LogP contribution < -0.4 is 15.0 Å². The van der Waals surface area contributed by atoms with Gasteiger partial charge in [-0.2, -0.15) is 0 Å². The number of hydrogen-bond acceptors (Lipinski definition) is 6. The Hall–Kier alpha value is -3.19. The predicted octanol–water partition coefficient (Wildman–Crippen LogP) is 3.63. The number of ether oxygens (including phenoxy) is 1. The summed E-state index contributed by atoms with van der Waals surface area (Å²) < 4.78 is 5.75. The highest BCUT2D eigenvalue weighted by molar-refractivity contribution is 6.33. The topological polar surface area (TPSA) is 80.2 Å². The van der Waals surface area contributed by atoms with Crippen molar-refractivity contribution in [1.29, 1.82) is 0 Å². The van der Waals surface area contributed by atoms with E-state index in [0.717, 1.165) is 42.8 Å². The molecule has 0 atom stereocenters. The molecule has 3 heterocycles. The number of benzene rings is 1. The maximum atomic E-state index is 12.6. The molecule has 1 amide bonds. The first-order chi connectivity index (χ1) is 14.7. The molecule has 1 fully saturated rings. The van der Waals surface area contributed by atoms with Gasteiger partial charge in [0.2, 0.25) is 5.95 Å². The van der Waals surface area contributed by atoms with Crippen LogP contribution in [-0.4, -0.2) is 33.9 Å². The lowest BCUT2D eigenvalue weighted by atomic mass is 10.2. The number of amides is 1. The van der Waals surface area contributed by atoms with Crippen LogP contribution >= 0.6 is 11.6 Å². The van der Waals surface area contributed by atoms with E-state index in [1.54, 1.807) is 12.4 Å². The van der Waals surface area contributed by atoms with E-state index < -0.39 is 0 Å². The van der Waals surface area contributed by atoms with Gasteiger partial charge in [0.15, 0.2) is 5.69 Å². The number of nitrogens with zero attached hydrogens (tertiary/aromatic N) is 4. The molecule has 1 saturated heterocycles. The van der Waals surface area contributed by atoms with Crippen molar-refractivity contribution in [3.05, 3.63) is 76.8 Å². The van der Waals surface area contributed by atoms with E-state index in [9.17, 15) is 4.79 Å². The number of anilines is 1. The Bertz CT molecular complexity index is 992. The fraction of sp³-hybridized carbons (Fsp3) is 0.273. The van der Waals surface area contributed by atoms with Gasteiger partial charge >= 0.3 is 0 Å². The normalized spacial score (nSPS) is 13.3. The molecule has 0 unspecified atom stereocenters. The monoisotopic (exact) mass is 423 g/mol. The quantitative estimate of drug-likeness (QED) is 0.625. The summed E-state index contributed by atoms with van der Waals surface area (Å²) in [6, 6.07) is 11.4. The average Bonchev–Trinajstić information content (AvgIpc) is 3.33. The number of carbonyl (C=O) groups excluding carboxylic acids is 1. The van der Waals surface area contributed by atoms with Crippen molar-refractivity contribution in [1.82, 2.24) is 20.3 Å². The van der Waals surface area contributed by atoms with Crippen LogP contribution in [0.5, 0.6) is 5.75 Å². The predicted molar refractivity (Wildman–Crippen MR) is 115 cm³/mol. The molecule has 0 saturated carbocycles. The smallest absolute Gasteiger partial charge is 0.271 e. The molecule has 154 valence electrons. The number of pyridine rings is 1. The van der Waals surface area contributed by atoms with E-state index in [0.29, 0.717) is 19.1 Å². The van der Waals surface area contributed by atoms with Gasteiger partial charge in [-0.05, 0) is 36.6 Å². The summed E-state index contributed by atoms with van der Waals surface area (Å²) in [6.45, 7) is 2.62. The number of halogens is 1. The Morgan fingerprint density at radius 1 is 1.10 bits per heavy atom. The second-order valence-electron chi connectivity index (χ2n) is 7.04. The Kier molecular flexibility index (Phi) is 6.39. The highest BCUT2D eigenvalue weighted by Crippen LogP contribution is 2.20. The Balaban J connectivity index is 1.33. The molecular formula is C22H22ClN5O2. The molecule has 1 aromatic carbocycles. The second-order valence-corrected chi connectivity index (χ2v) is 7.44. The first kappa shape index (κ1) is 20.1. The highest BCUT2D eigenvalue weighted by atomic mass is 35.5. The third-order valence-electron chi connectivity index (χ3n) is 4.84. The van der Waals surface area contributed by atoms with E-state index in [2.05, 4.69) is 25.2 Å². The van der Waals surface area contributed by atoms with Crippen molar-refractivity contribution in [2.24, 2.45) is 0 Å². The molecule has 1 aliphatic rings. The minimum Gasteiger partial charge on any atom is -0.489 e. The van der Waals surface area contributed by atoms with E-state index in [1.807, 2.05) is 36.4 Å². The summed E-state index contributed by atoms with van der Waals surface area (Å²) in [5.74, 6) is 0.986. The maximum Gasteiger partial charge on any atom is 0.271 e. The number of carbonyl (C=O) groups is 1. The van der Waals surface area contributed by atoms with Gasteiger partial charge in [-0.1, -0.05) is 29.8 Å². The summed E-state index contributed by atoms with van der Waals surface area (Å²) in [4.78, 5) is 27.4. The molecule has 0 bridgehead atoms. The minimum atomic E-state index is -0.320. The van der Waals surface area contributed by atoms with Crippen LogP contribution in [0.15, 0.2) is 55.0 Å². The summed E-state index contributed by atoms with van der Waals surface area (Å²) in [5, 5.41) is 3.11. The molecule has 1 N–H and O–H groups in total. The SMILES string of the molecule is O=C(NCc1ccc(OCc2cccnc2)cc1)c1nc(N2CCCC2)ncc1Cl. The van der Waals surface area contributed by atoms with Crippen molar-refractivity contribution in [2.75, 3.05) is 18.0 Å². The number of rotatable bonds is 7. The van der Waals surface area contributed by atoms with E-state index in [-0.39, 0.29) is 16.6 Å². The maximum absolute atomic E-state index is 12.6. The molecule has 0 spiro atoms. The zero-order valence-electron chi connectivity index (χ0n) is 16.4. The van der Waals surface area contributed by atoms with Gasteiger partial charge in [0.05, 0.1) is 11.2 Å². The molecule has 0 radical (unpaired) electrons. The van der Waals surface area contributed by atoms with Gasteiger partial charge in [-0.3, -0.25) is 9.78 Å².